The van der Waals surface area contributed by atoms with E-state index in [1.54, 1.807) is 0 Å². The van der Waals surface area contributed by atoms with Crippen molar-refractivity contribution in [3.63, 3.8) is 0 Å². The summed E-state index contributed by atoms with van der Waals surface area (Å²) in [4.78, 5) is 23.5. The maximum Gasteiger partial charge on any atom is 0.414 e. The van der Waals surface area contributed by atoms with Crippen molar-refractivity contribution >= 4 is 11.9 Å². The normalized spacial score (nSPS) is 20.6. The molecule has 6 heteroatoms. The number of aliphatic carboxylic acids is 2. The summed E-state index contributed by atoms with van der Waals surface area (Å²) in [5, 5.41) is 14.8. The quantitative estimate of drug-likeness (QED) is 0.623. The summed E-state index contributed by atoms with van der Waals surface area (Å²) >= 11 is 0. The van der Waals surface area contributed by atoms with Gasteiger partial charge in [0.05, 0.1) is 0 Å². The second-order valence-corrected chi connectivity index (χ2v) is 7.26. The molecule has 0 bridgehead atoms. The summed E-state index contributed by atoms with van der Waals surface area (Å²) in [7, 11) is 0. The number of carbonyl (C=O) groups is 2. The Kier molecular flexibility index (Phi) is 8.48. The Morgan fingerprint density at radius 1 is 1.00 bits per heavy atom. The molecule has 27 heavy (non-hydrogen) atoms. The molecule has 1 aromatic rings. The van der Waals surface area contributed by atoms with Gasteiger partial charge in [-0.25, -0.2) is 9.59 Å². The topological polar surface area (TPSA) is 81.1 Å². The van der Waals surface area contributed by atoms with Crippen LogP contribution in [-0.4, -0.2) is 64.7 Å². The standard InChI is InChI=1S/C19H28N2.C2H2O4/c1-17-7-5-6-10-19(17)16-21-13-11-20(12-14-21)15-18-8-3-2-4-9-18;3-1(4)2(5)6/h2-3,5-7,10,18H,4,8-9,11-16H2,1H3;(H,3,4)(H,5,6). The summed E-state index contributed by atoms with van der Waals surface area (Å²) in [6.07, 6.45) is 8.69. The van der Waals surface area contributed by atoms with Gasteiger partial charge in [-0.3, -0.25) is 4.90 Å². The average Bonchev–Trinajstić information content (AvgIpc) is 2.66. The predicted octanol–water partition coefficient (Wildman–Crippen LogP) is 2.62. The van der Waals surface area contributed by atoms with E-state index in [2.05, 4.69) is 53.1 Å². The van der Waals surface area contributed by atoms with Crippen LogP contribution in [0.4, 0.5) is 0 Å². The van der Waals surface area contributed by atoms with Gasteiger partial charge in [0.15, 0.2) is 0 Å². The summed E-state index contributed by atoms with van der Waals surface area (Å²) < 4.78 is 0. The molecule has 6 nitrogen and oxygen atoms in total. The van der Waals surface area contributed by atoms with E-state index in [-0.39, 0.29) is 0 Å². The summed E-state index contributed by atoms with van der Waals surface area (Å²) in [5.41, 5.74) is 2.91. The number of piperazine rings is 1. The van der Waals surface area contributed by atoms with Gasteiger partial charge in [-0.05, 0) is 43.2 Å². The van der Waals surface area contributed by atoms with Crippen LogP contribution in [0.2, 0.25) is 0 Å². The van der Waals surface area contributed by atoms with Crippen LogP contribution in [0.3, 0.4) is 0 Å². The molecule has 1 aliphatic carbocycles. The van der Waals surface area contributed by atoms with E-state index >= 15 is 0 Å². The molecule has 2 N–H and O–H groups in total. The molecular weight excluding hydrogens is 344 g/mol. The van der Waals surface area contributed by atoms with E-state index < -0.39 is 11.9 Å². The van der Waals surface area contributed by atoms with Crippen molar-refractivity contribution in [2.24, 2.45) is 5.92 Å². The number of nitrogens with zero attached hydrogens (tertiary/aromatic N) is 2. The number of carboxylic acids is 2. The van der Waals surface area contributed by atoms with Crippen LogP contribution in [0.15, 0.2) is 36.4 Å². The van der Waals surface area contributed by atoms with E-state index in [4.69, 9.17) is 19.8 Å². The molecule has 2 aliphatic rings. The second-order valence-electron chi connectivity index (χ2n) is 7.26. The molecule has 0 spiro atoms. The lowest BCUT2D eigenvalue weighted by atomic mass is 9.94. The fourth-order valence-electron chi connectivity index (χ4n) is 3.55. The van der Waals surface area contributed by atoms with Gasteiger partial charge in [-0.2, -0.15) is 0 Å². The van der Waals surface area contributed by atoms with E-state index in [1.165, 1.54) is 63.1 Å². The molecular formula is C21H30N2O4. The van der Waals surface area contributed by atoms with Crippen molar-refractivity contribution in [3.8, 4) is 0 Å². The van der Waals surface area contributed by atoms with E-state index in [0.29, 0.717) is 0 Å². The first-order chi connectivity index (χ1) is 13.0. The maximum absolute atomic E-state index is 9.10. The third kappa shape index (κ3) is 7.53. The van der Waals surface area contributed by atoms with Gasteiger partial charge in [-0.1, -0.05) is 36.4 Å². The first kappa shape index (κ1) is 21.1. The van der Waals surface area contributed by atoms with Crippen molar-refractivity contribution < 1.29 is 19.8 Å². The van der Waals surface area contributed by atoms with Crippen molar-refractivity contribution in [1.29, 1.82) is 0 Å². The third-order valence-electron chi connectivity index (χ3n) is 5.20. The molecule has 1 fully saturated rings. The van der Waals surface area contributed by atoms with Gasteiger partial charge in [0.25, 0.3) is 0 Å². The van der Waals surface area contributed by atoms with Crippen LogP contribution in [-0.2, 0) is 16.1 Å². The Bertz CT molecular complexity index is 639. The van der Waals surface area contributed by atoms with Crippen LogP contribution in [0.1, 0.15) is 30.4 Å². The fraction of sp³-hybridized carbons (Fsp3) is 0.524. The Hall–Kier alpha value is -2.18. The smallest absolute Gasteiger partial charge is 0.414 e. The first-order valence-electron chi connectivity index (χ1n) is 9.56. The molecule has 1 heterocycles. The Morgan fingerprint density at radius 3 is 2.19 bits per heavy atom. The van der Waals surface area contributed by atoms with Gasteiger partial charge >= 0.3 is 11.9 Å². The summed E-state index contributed by atoms with van der Waals surface area (Å²) in [5.74, 6) is -2.75. The molecule has 3 rings (SSSR count). The highest BCUT2D eigenvalue weighted by Crippen LogP contribution is 2.20. The highest BCUT2D eigenvalue weighted by molar-refractivity contribution is 6.27. The van der Waals surface area contributed by atoms with Gasteiger partial charge in [-0.15, -0.1) is 0 Å². The van der Waals surface area contributed by atoms with Crippen molar-refractivity contribution in [2.75, 3.05) is 32.7 Å². The predicted molar refractivity (Wildman–Crippen MR) is 105 cm³/mol. The zero-order chi connectivity index (χ0) is 19.6. The average molecular weight is 374 g/mol. The molecule has 0 amide bonds. The molecule has 1 aromatic carbocycles. The van der Waals surface area contributed by atoms with E-state index in [0.717, 1.165) is 12.5 Å². The van der Waals surface area contributed by atoms with Crippen LogP contribution < -0.4 is 0 Å². The molecule has 148 valence electrons. The maximum atomic E-state index is 9.10. The minimum Gasteiger partial charge on any atom is -0.473 e. The summed E-state index contributed by atoms with van der Waals surface area (Å²) in [6, 6.07) is 8.79. The van der Waals surface area contributed by atoms with Crippen molar-refractivity contribution in [1.82, 2.24) is 9.80 Å². The Morgan fingerprint density at radius 2 is 1.63 bits per heavy atom. The molecule has 1 atom stereocenters. The lowest BCUT2D eigenvalue weighted by Crippen LogP contribution is -2.47. The fourth-order valence-corrected chi connectivity index (χ4v) is 3.55. The van der Waals surface area contributed by atoms with Crippen molar-refractivity contribution in [3.05, 3.63) is 47.5 Å². The van der Waals surface area contributed by atoms with Crippen LogP contribution >= 0.6 is 0 Å². The zero-order valence-electron chi connectivity index (χ0n) is 16.0. The van der Waals surface area contributed by atoms with Gasteiger partial charge in [0.1, 0.15) is 0 Å². The molecule has 0 saturated carbocycles. The number of aryl methyl sites for hydroxylation is 1. The second kappa shape index (κ2) is 10.8. The molecule has 0 radical (unpaired) electrons. The zero-order valence-corrected chi connectivity index (χ0v) is 16.0. The minimum absolute atomic E-state index is 0.901. The first-order valence-corrected chi connectivity index (χ1v) is 9.56. The lowest BCUT2D eigenvalue weighted by Gasteiger charge is -2.37. The third-order valence-corrected chi connectivity index (χ3v) is 5.20. The molecule has 1 aliphatic heterocycles. The van der Waals surface area contributed by atoms with Crippen LogP contribution in [0, 0.1) is 12.8 Å². The SMILES string of the molecule is Cc1ccccc1CN1CCN(CC2CC=CCC2)CC1.O=C(O)C(=O)O. The van der Waals surface area contributed by atoms with Crippen LogP contribution in [0.5, 0.6) is 0 Å². The number of hydrogen-bond acceptors (Lipinski definition) is 4. The monoisotopic (exact) mass is 374 g/mol. The highest BCUT2D eigenvalue weighted by Gasteiger charge is 2.20. The Balaban J connectivity index is 0.000000380. The van der Waals surface area contributed by atoms with Gasteiger partial charge in [0, 0.05) is 39.3 Å². The Labute approximate surface area is 161 Å². The number of rotatable bonds is 4. The number of allylic oxidation sites excluding steroid dienone is 2. The highest BCUT2D eigenvalue weighted by atomic mass is 16.4. The molecule has 1 saturated heterocycles. The number of benzene rings is 1. The largest absolute Gasteiger partial charge is 0.473 e. The van der Waals surface area contributed by atoms with Gasteiger partial charge in [0.2, 0.25) is 0 Å². The minimum atomic E-state index is -1.82. The van der Waals surface area contributed by atoms with E-state index in [9.17, 15) is 0 Å². The van der Waals surface area contributed by atoms with E-state index in [1.807, 2.05) is 0 Å². The van der Waals surface area contributed by atoms with Gasteiger partial charge < -0.3 is 15.1 Å². The summed E-state index contributed by atoms with van der Waals surface area (Å²) in [6.45, 7) is 9.57. The van der Waals surface area contributed by atoms with Crippen molar-refractivity contribution in [2.45, 2.75) is 32.7 Å². The molecule has 0 aromatic heterocycles. The number of hydrogen-bond donors (Lipinski definition) is 2. The van der Waals surface area contributed by atoms with Crippen LogP contribution in [0.25, 0.3) is 0 Å². The lowest BCUT2D eigenvalue weighted by molar-refractivity contribution is -0.159. The number of carboxylic acid groups (broad SMARTS) is 2. The molecule has 1 unspecified atom stereocenters.